The van der Waals surface area contributed by atoms with Gasteiger partial charge in [0.1, 0.15) is 11.9 Å². The highest BCUT2D eigenvalue weighted by molar-refractivity contribution is 9.10. The summed E-state index contributed by atoms with van der Waals surface area (Å²) in [6.07, 6.45) is -6.41. The van der Waals surface area contributed by atoms with Crippen LogP contribution in [-0.2, 0) is 6.18 Å². The first-order chi connectivity index (χ1) is 9.70. The Labute approximate surface area is 131 Å². The quantitative estimate of drug-likeness (QED) is 0.694. The van der Waals surface area contributed by atoms with Gasteiger partial charge in [-0.25, -0.2) is 4.39 Å². The van der Waals surface area contributed by atoms with Crippen LogP contribution in [0, 0.1) is 5.82 Å². The highest BCUT2D eigenvalue weighted by Crippen LogP contribution is 2.38. The van der Waals surface area contributed by atoms with Gasteiger partial charge in [0.2, 0.25) is 0 Å². The van der Waals surface area contributed by atoms with Crippen molar-refractivity contribution in [2.45, 2.75) is 12.3 Å². The maximum absolute atomic E-state index is 13.8. The number of halogens is 6. The van der Waals surface area contributed by atoms with Crippen molar-refractivity contribution in [2.24, 2.45) is 0 Å². The van der Waals surface area contributed by atoms with E-state index in [0.717, 1.165) is 24.3 Å². The van der Waals surface area contributed by atoms with Crippen LogP contribution in [0.2, 0.25) is 5.02 Å². The first kappa shape index (κ1) is 16.3. The van der Waals surface area contributed by atoms with Gasteiger partial charge in [0.05, 0.1) is 5.56 Å². The van der Waals surface area contributed by atoms with Crippen molar-refractivity contribution >= 4 is 27.5 Å². The molecule has 1 unspecified atom stereocenters. The van der Waals surface area contributed by atoms with Gasteiger partial charge in [-0.1, -0.05) is 39.7 Å². The van der Waals surface area contributed by atoms with E-state index in [4.69, 9.17) is 11.6 Å². The SMILES string of the molecule is OC(c1ccc(Cl)cc1F)c1ccc(Br)cc1C(F)(F)F. The molecule has 0 saturated carbocycles. The maximum Gasteiger partial charge on any atom is 0.416 e. The Bertz CT molecular complexity index is 673. The second-order valence-corrected chi connectivity index (χ2v) is 5.65. The summed E-state index contributed by atoms with van der Waals surface area (Å²) in [5.41, 5.74) is -1.72. The molecular weight excluding hydrogens is 376 g/mol. The fraction of sp³-hybridized carbons (Fsp3) is 0.143. The van der Waals surface area contributed by atoms with E-state index in [-0.39, 0.29) is 15.1 Å². The summed E-state index contributed by atoms with van der Waals surface area (Å²) in [5, 5.41) is 10.2. The molecule has 112 valence electrons. The molecule has 0 fully saturated rings. The third-order valence-electron chi connectivity index (χ3n) is 2.87. The lowest BCUT2D eigenvalue weighted by atomic mass is 9.96. The molecule has 1 nitrogen and oxygen atoms in total. The Kier molecular flexibility index (Phi) is 4.60. The van der Waals surface area contributed by atoms with Crippen molar-refractivity contribution in [3.8, 4) is 0 Å². The molecule has 2 aromatic rings. The summed E-state index contributed by atoms with van der Waals surface area (Å²) in [5.74, 6) is -0.869. The van der Waals surface area contributed by atoms with Gasteiger partial charge < -0.3 is 5.11 Å². The minimum absolute atomic E-state index is 0.0929. The van der Waals surface area contributed by atoms with Crippen LogP contribution >= 0.6 is 27.5 Å². The summed E-state index contributed by atoms with van der Waals surface area (Å²) in [6, 6.07) is 6.69. The first-order valence-corrected chi connectivity index (χ1v) is 6.87. The molecule has 2 aromatic carbocycles. The van der Waals surface area contributed by atoms with E-state index in [1.807, 2.05) is 0 Å². The van der Waals surface area contributed by atoms with Crippen LogP contribution in [0.1, 0.15) is 22.8 Å². The fourth-order valence-electron chi connectivity index (χ4n) is 1.90. The van der Waals surface area contributed by atoms with Gasteiger partial charge in [0.25, 0.3) is 0 Å². The molecule has 0 heterocycles. The maximum atomic E-state index is 13.8. The van der Waals surface area contributed by atoms with Crippen molar-refractivity contribution in [3.05, 3.63) is 68.4 Å². The van der Waals surface area contributed by atoms with Crippen LogP contribution in [0.15, 0.2) is 40.9 Å². The van der Waals surface area contributed by atoms with Crippen LogP contribution in [0.25, 0.3) is 0 Å². The van der Waals surface area contributed by atoms with Gasteiger partial charge in [0.15, 0.2) is 0 Å². The molecule has 1 atom stereocenters. The first-order valence-electron chi connectivity index (χ1n) is 5.70. The predicted octanol–water partition coefficient (Wildman–Crippen LogP) is 5.34. The van der Waals surface area contributed by atoms with Crippen molar-refractivity contribution in [2.75, 3.05) is 0 Å². The zero-order valence-corrected chi connectivity index (χ0v) is 12.6. The lowest BCUT2D eigenvalue weighted by molar-refractivity contribution is -0.139. The van der Waals surface area contributed by atoms with E-state index < -0.39 is 29.2 Å². The zero-order valence-electron chi connectivity index (χ0n) is 10.3. The number of hydrogen-bond donors (Lipinski definition) is 1. The van der Waals surface area contributed by atoms with E-state index in [1.165, 1.54) is 12.1 Å². The Morgan fingerprint density at radius 3 is 2.24 bits per heavy atom. The standard InChI is InChI=1S/C14H8BrClF4O/c15-7-1-3-9(11(5-7)14(18,19)20)13(21)10-4-2-8(16)6-12(10)17/h1-6,13,21H. The monoisotopic (exact) mass is 382 g/mol. The molecule has 1 N–H and O–H groups in total. The van der Waals surface area contributed by atoms with Gasteiger partial charge >= 0.3 is 6.18 Å². The predicted molar refractivity (Wildman–Crippen MR) is 74.6 cm³/mol. The molecule has 0 radical (unpaired) electrons. The Hall–Kier alpha value is -1.11. The summed E-state index contributed by atoms with van der Waals surface area (Å²) < 4.78 is 53.0. The zero-order chi connectivity index (χ0) is 15.8. The lowest BCUT2D eigenvalue weighted by Crippen LogP contribution is -2.13. The number of benzene rings is 2. The number of aliphatic hydroxyl groups is 1. The molecule has 0 bridgehead atoms. The third-order valence-corrected chi connectivity index (χ3v) is 3.60. The molecule has 0 aliphatic carbocycles. The minimum Gasteiger partial charge on any atom is -0.384 e. The van der Waals surface area contributed by atoms with Gasteiger partial charge in [-0.2, -0.15) is 13.2 Å². The third kappa shape index (κ3) is 3.56. The van der Waals surface area contributed by atoms with E-state index >= 15 is 0 Å². The van der Waals surface area contributed by atoms with Crippen LogP contribution in [0.4, 0.5) is 17.6 Å². The summed E-state index contributed by atoms with van der Waals surface area (Å²) in [7, 11) is 0. The molecule has 21 heavy (non-hydrogen) atoms. The van der Waals surface area contributed by atoms with Crippen LogP contribution in [0.5, 0.6) is 0 Å². The Morgan fingerprint density at radius 1 is 1.05 bits per heavy atom. The van der Waals surface area contributed by atoms with Gasteiger partial charge in [-0.3, -0.25) is 0 Å². The highest BCUT2D eigenvalue weighted by Gasteiger charge is 2.36. The molecule has 0 saturated heterocycles. The number of aliphatic hydroxyl groups excluding tert-OH is 1. The summed E-state index contributed by atoms with van der Waals surface area (Å²) in [6.45, 7) is 0. The summed E-state index contributed by atoms with van der Waals surface area (Å²) >= 11 is 8.53. The van der Waals surface area contributed by atoms with Crippen LogP contribution in [0.3, 0.4) is 0 Å². The second-order valence-electron chi connectivity index (χ2n) is 4.30. The lowest BCUT2D eigenvalue weighted by Gasteiger charge is -2.18. The van der Waals surface area contributed by atoms with E-state index in [9.17, 15) is 22.7 Å². The van der Waals surface area contributed by atoms with Gasteiger partial charge in [-0.15, -0.1) is 0 Å². The molecular formula is C14H8BrClF4O. The second kappa shape index (κ2) is 5.94. The molecule has 2 rings (SSSR count). The topological polar surface area (TPSA) is 20.2 Å². The Morgan fingerprint density at radius 2 is 1.67 bits per heavy atom. The van der Waals surface area contributed by atoms with Crippen molar-refractivity contribution in [3.63, 3.8) is 0 Å². The highest BCUT2D eigenvalue weighted by atomic mass is 79.9. The van der Waals surface area contributed by atoms with E-state index in [2.05, 4.69) is 15.9 Å². The van der Waals surface area contributed by atoms with Crippen molar-refractivity contribution in [1.82, 2.24) is 0 Å². The van der Waals surface area contributed by atoms with Crippen LogP contribution < -0.4 is 0 Å². The molecule has 0 amide bonds. The molecule has 7 heteroatoms. The fourth-order valence-corrected chi connectivity index (χ4v) is 2.42. The van der Waals surface area contributed by atoms with Gasteiger partial charge in [0, 0.05) is 15.1 Å². The number of alkyl halides is 3. The van der Waals surface area contributed by atoms with Crippen molar-refractivity contribution in [1.29, 1.82) is 0 Å². The average Bonchev–Trinajstić information content (AvgIpc) is 2.37. The summed E-state index contributed by atoms with van der Waals surface area (Å²) in [4.78, 5) is 0. The molecule has 0 aliphatic heterocycles. The number of rotatable bonds is 2. The molecule has 0 aliphatic rings. The molecule has 0 spiro atoms. The van der Waals surface area contributed by atoms with Gasteiger partial charge in [-0.05, 0) is 29.8 Å². The Balaban J connectivity index is 2.55. The largest absolute Gasteiger partial charge is 0.416 e. The van der Waals surface area contributed by atoms with Crippen LogP contribution in [-0.4, -0.2) is 5.11 Å². The van der Waals surface area contributed by atoms with E-state index in [1.54, 1.807) is 0 Å². The van der Waals surface area contributed by atoms with E-state index in [0.29, 0.717) is 0 Å². The average molecular weight is 384 g/mol. The smallest absolute Gasteiger partial charge is 0.384 e. The normalized spacial score (nSPS) is 13.3. The number of hydrogen-bond acceptors (Lipinski definition) is 1. The van der Waals surface area contributed by atoms with Crippen molar-refractivity contribution < 1.29 is 22.7 Å². The minimum atomic E-state index is -4.66. The molecule has 0 aromatic heterocycles.